The van der Waals surface area contributed by atoms with Crippen molar-refractivity contribution in [3.05, 3.63) is 43.7 Å². The predicted molar refractivity (Wildman–Crippen MR) is 86.0 cm³/mol. The van der Waals surface area contributed by atoms with Gasteiger partial charge in [0.25, 0.3) is 0 Å². The van der Waals surface area contributed by atoms with E-state index >= 15 is 0 Å². The quantitative estimate of drug-likeness (QED) is 0.849. The molecule has 1 N–H and O–H groups in total. The van der Waals surface area contributed by atoms with E-state index in [4.69, 9.17) is 32.7 Å². The number of aromatic nitrogens is 1. The van der Waals surface area contributed by atoms with Gasteiger partial charge in [-0.05, 0) is 13.0 Å². The lowest BCUT2D eigenvalue weighted by Gasteiger charge is -2.11. The number of benzene rings is 1. The Bertz CT molecular complexity index is 844. The first-order valence-electron chi connectivity index (χ1n) is 6.69. The highest BCUT2D eigenvalue weighted by Crippen LogP contribution is 2.31. The molecular weight excluding hydrogens is 345 g/mol. The third-order valence-corrected chi connectivity index (χ3v) is 3.91. The minimum absolute atomic E-state index is 0.118. The van der Waals surface area contributed by atoms with Gasteiger partial charge in [-0.3, -0.25) is 9.59 Å². The summed E-state index contributed by atoms with van der Waals surface area (Å²) in [6.07, 6.45) is 1.24. The number of carbonyl (C=O) groups excluding carboxylic acids is 2. The Balaban J connectivity index is 2.67. The van der Waals surface area contributed by atoms with Gasteiger partial charge in [0.1, 0.15) is 12.2 Å². The Morgan fingerprint density at radius 2 is 1.96 bits per heavy atom. The molecule has 0 spiro atoms. The normalized spacial score (nSPS) is 10.6. The molecule has 0 atom stereocenters. The molecule has 23 heavy (non-hydrogen) atoms. The molecule has 2 rings (SSSR count). The minimum Gasteiger partial charge on any atom is -0.462 e. The maximum Gasteiger partial charge on any atom is 0.343 e. The first-order chi connectivity index (χ1) is 10.9. The number of aromatic amines is 1. The molecule has 1 aromatic heterocycles. The first kappa shape index (κ1) is 17.3. The molecule has 0 unspecified atom stereocenters. The molecule has 0 bridgehead atoms. The molecule has 0 radical (unpaired) electrons. The highest BCUT2D eigenvalue weighted by Gasteiger charge is 2.19. The summed E-state index contributed by atoms with van der Waals surface area (Å²) in [5, 5.41) is 0.444. The minimum atomic E-state index is -0.733. The van der Waals surface area contributed by atoms with E-state index in [1.807, 2.05) is 0 Å². The molecule has 0 aliphatic rings. The smallest absolute Gasteiger partial charge is 0.343 e. The van der Waals surface area contributed by atoms with Crippen molar-refractivity contribution in [1.82, 2.24) is 4.98 Å². The topological polar surface area (TPSA) is 85.5 Å². The van der Waals surface area contributed by atoms with E-state index in [9.17, 15) is 14.4 Å². The largest absolute Gasteiger partial charge is 0.462 e. The molecule has 122 valence electrons. The Morgan fingerprint density at radius 3 is 2.57 bits per heavy atom. The summed E-state index contributed by atoms with van der Waals surface area (Å²) in [5.41, 5.74) is 0.0200. The highest BCUT2D eigenvalue weighted by molar-refractivity contribution is 6.43. The zero-order chi connectivity index (χ0) is 17.1. The van der Waals surface area contributed by atoms with Crippen molar-refractivity contribution >= 4 is 46.0 Å². The summed E-state index contributed by atoms with van der Waals surface area (Å²) < 4.78 is 9.77. The van der Waals surface area contributed by atoms with Gasteiger partial charge in [0.05, 0.1) is 22.2 Å². The number of nitrogens with one attached hydrogen (secondary N) is 1. The Labute approximate surface area is 141 Å². The first-order valence-corrected chi connectivity index (χ1v) is 7.45. The van der Waals surface area contributed by atoms with Gasteiger partial charge in [-0.15, -0.1) is 0 Å². The van der Waals surface area contributed by atoms with E-state index < -0.39 is 17.4 Å². The number of rotatable bonds is 4. The van der Waals surface area contributed by atoms with E-state index in [1.165, 1.54) is 19.2 Å². The van der Waals surface area contributed by atoms with E-state index in [-0.39, 0.29) is 34.2 Å². The fourth-order valence-electron chi connectivity index (χ4n) is 2.05. The summed E-state index contributed by atoms with van der Waals surface area (Å²) >= 11 is 12.2. The van der Waals surface area contributed by atoms with Gasteiger partial charge in [-0.25, -0.2) is 4.79 Å². The monoisotopic (exact) mass is 357 g/mol. The van der Waals surface area contributed by atoms with Crippen molar-refractivity contribution in [2.24, 2.45) is 0 Å². The molecule has 0 aliphatic heterocycles. The van der Waals surface area contributed by atoms with Gasteiger partial charge < -0.3 is 14.5 Å². The van der Waals surface area contributed by atoms with Crippen molar-refractivity contribution in [2.45, 2.75) is 20.5 Å². The Hall–Kier alpha value is -2.05. The van der Waals surface area contributed by atoms with Crippen LogP contribution in [-0.2, 0) is 20.9 Å². The van der Waals surface area contributed by atoms with Gasteiger partial charge in [0.2, 0.25) is 5.43 Å². The maximum absolute atomic E-state index is 12.5. The van der Waals surface area contributed by atoms with Gasteiger partial charge in [-0.2, -0.15) is 0 Å². The molecule has 0 saturated carbocycles. The molecule has 0 saturated heterocycles. The average Bonchev–Trinajstić information content (AvgIpc) is 2.49. The van der Waals surface area contributed by atoms with Crippen LogP contribution in [0.5, 0.6) is 0 Å². The number of halogens is 2. The standard InChI is InChI=1S/C15H13Cl2NO5/c1-3-22-15(21)9-5-18-13-8(14(9)20)4-11(16)12(17)10(13)6-23-7(2)19/h4-5H,3,6H2,1-2H3,(H,18,20). The van der Waals surface area contributed by atoms with Crippen LogP contribution in [0.25, 0.3) is 10.9 Å². The summed E-state index contributed by atoms with van der Waals surface area (Å²) in [5.74, 6) is -1.23. The van der Waals surface area contributed by atoms with Crippen LogP contribution < -0.4 is 5.43 Å². The molecule has 0 amide bonds. The summed E-state index contributed by atoms with van der Waals surface area (Å²) in [6, 6.07) is 1.36. The number of esters is 2. The number of H-pyrrole nitrogens is 1. The molecule has 1 heterocycles. The number of ether oxygens (including phenoxy) is 2. The van der Waals surface area contributed by atoms with Crippen LogP contribution in [0.2, 0.25) is 10.0 Å². The zero-order valence-electron chi connectivity index (χ0n) is 12.4. The van der Waals surface area contributed by atoms with E-state index in [1.54, 1.807) is 6.92 Å². The van der Waals surface area contributed by atoms with Crippen molar-refractivity contribution in [3.63, 3.8) is 0 Å². The lowest BCUT2D eigenvalue weighted by molar-refractivity contribution is -0.142. The molecule has 6 nitrogen and oxygen atoms in total. The number of hydrogen-bond donors (Lipinski definition) is 1. The fourth-order valence-corrected chi connectivity index (χ4v) is 2.47. The fraction of sp³-hybridized carbons (Fsp3) is 0.267. The molecular formula is C15H13Cl2NO5. The Kier molecular flexibility index (Phi) is 5.28. The van der Waals surface area contributed by atoms with Crippen molar-refractivity contribution in [1.29, 1.82) is 0 Å². The third-order valence-electron chi connectivity index (χ3n) is 3.08. The van der Waals surface area contributed by atoms with Crippen LogP contribution in [0.3, 0.4) is 0 Å². The molecule has 0 fully saturated rings. The second kappa shape index (κ2) is 7.02. The van der Waals surface area contributed by atoms with Gasteiger partial charge >= 0.3 is 11.9 Å². The van der Waals surface area contributed by atoms with Crippen LogP contribution in [0, 0.1) is 0 Å². The summed E-state index contributed by atoms with van der Waals surface area (Å²) in [6.45, 7) is 2.89. The van der Waals surface area contributed by atoms with E-state index in [0.717, 1.165) is 0 Å². The predicted octanol–water partition coefficient (Wildman–Crippen LogP) is 3.07. The molecule has 1 aromatic carbocycles. The van der Waals surface area contributed by atoms with Crippen LogP contribution in [0.1, 0.15) is 29.8 Å². The van der Waals surface area contributed by atoms with Crippen LogP contribution in [-0.4, -0.2) is 23.5 Å². The van der Waals surface area contributed by atoms with Crippen molar-refractivity contribution in [3.8, 4) is 0 Å². The zero-order valence-corrected chi connectivity index (χ0v) is 13.9. The summed E-state index contributed by atoms with van der Waals surface area (Å²) in [7, 11) is 0. The second-order valence-corrected chi connectivity index (χ2v) is 5.39. The molecule has 8 heteroatoms. The lowest BCUT2D eigenvalue weighted by Crippen LogP contribution is -2.18. The lowest BCUT2D eigenvalue weighted by atomic mass is 10.1. The van der Waals surface area contributed by atoms with Crippen LogP contribution >= 0.6 is 23.2 Å². The van der Waals surface area contributed by atoms with Crippen LogP contribution in [0.15, 0.2) is 17.1 Å². The SMILES string of the molecule is CCOC(=O)c1c[nH]c2c(COC(C)=O)c(Cl)c(Cl)cc2c1=O. The summed E-state index contributed by atoms with van der Waals surface area (Å²) in [4.78, 5) is 38.1. The second-order valence-electron chi connectivity index (χ2n) is 4.61. The number of pyridine rings is 1. The number of hydrogen-bond acceptors (Lipinski definition) is 5. The van der Waals surface area contributed by atoms with Crippen molar-refractivity contribution in [2.75, 3.05) is 6.61 Å². The maximum atomic E-state index is 12.5. The number of fused-ring (bicyclic) bond motifs is 1. The third kappa shape index (κ3) is 3.48. The van der Waals surface area contributed by atoms with Crippen LogP contribution in [0.4, 0.5) is 0 Å². The van der Waals surface area contributed by atoms with Gasteiger partial charge in [-0.1, -0.05) is 23.2 Å². The van der Waals surface area contributed by atoms with Gasteiger partial charge in [0, 0.05) is 24.1 Å². The molecule has 0 aliphatic carbocycles. The average molecular weight is 358 g/mol. The molecule has 2 aromatic rings. The highest BCUT2D eigenvalue weighted by atomic mass is 35.5. The van der Waals surface area contributed by atoms with E-state index in [2.05, 4.69) is 4.98 Å². The Morgan fingerprint density at radius 1 is 1.26 bits per heavy atom. The van der Waals surface area contributed by atoms with Gasteiger partial charge in [0.15, 0.2) is 0 Å². The van der Waals surface area contributed by atoms with E-state index in [0.29, 0.717) is 11.1 Å². The van der Waals surface area contributed by atoms with Crippen molar-refractivity contribution < 1.29 is 19.1 Å². The number of carbonyl (C=O) groups is 2.